The van der Waals surface area contributed by atoms with E-state index in [9.17, 15) is 14.4 Å². The fourth-order valence-corrected chi connectivity index (χ4v) is 3.08. The maximum absolute atomic E-state index is 12.0. The number of carbonyl (C=O) groups excluding carboxylic acids is 3. The van der Waals surface area contributed by atoms with Crippen molar-refractivity contribution in [2.45, 2.75) is 92.5 Å². The molecular weight excluding hydrogens is 358 g/mol. The van der Waals surface area contributed by atoms with E-state index in [0.29, 0.717) is 19.1 Å². The van der Waals surface area contributed by atoms with Crippen molar-refractivity contribution in [1.29, 1.82) is 0 Å². The third kappa shape index (κ3) is 12.0. The third-order valence-corrected chi connectivity index (χ3v) is 4.85. The van der Waals surface area contributed by atoms with Crippen molar-refractivity contribution in [1.82, 2.24) is 5.32 Å². The van der Waals surface area contributed by atoms with E-state index < -0.39 is 6.04 Å². The fourth-order valence-electron chi connectivity index (χ4n) is 3.08. The second kappa shape index (κ2) is 15.3. The molecule has 0 unspecified atom stereocenters. The van der Waals surface area contributed by atoms with Crippen LogP contribution in [0.1, 0.15) is 86.5 Å². The van der Waals surface area contributed by atoms with Crippen molar-refractivity contribution < 1.29 is 23.9 Å². The van der Waals surface area contributed by atoms with Gasteiger partial charge in [-0.05, 0) is 31.1 Å². The summed E-state index contributed by atoms with van der Waals surface area (Å²) >= 11 is 0. The van der Waals surface area contributed by atoms with Gasteiger partial charge < -0.3 is 14.8 Å². The van der Waals surface area contributed by atoms with Crippen molar-refractivity contribution in [2.24, 2.45) is 17.8 Å². The highest BCUT2D eigenvalue weighted by Gasteiger charge is 2.24. The number of ether oxygens (including phenoxy) is 2. The molecule has 0 aromatic rings. The number of amides is 1. The number of unbranched alkanes of at least 4 members (excludes halogenated alkanes) is 5. The van der Waals surface area contributed by atoms with E-state index in [-0.39, 0.29) is 29.7 Å². The molecule has 0 aromatic heterocycles. The minimum absolute atomic E-state index is 0.00126. The van der Waals surface area contributed by atoms with Crippen LogP contribution < -0.4 is 5.32 Å². The van der Waals surface area contributed by atoms with Crippen molar-refractivity contribution in [3.63, 3.8) is 0 Å². The number of rotatable bonds is 15. The molecule has 0 radical (unpaired) electrons. The van der Waals surface area contributed by atoms with Crippen molar-refractivity contribution in [3.8, 4) is 0 Å². The van der Waals surface area contributed by atoms with Gasteiger partial charge >= 0.3 is 11.9 Å². The lowest BCUT2D eigenvalue weighted by atomic mass is 9.93. The minimum Gasteiger partial charge on any atom is -0.465 e. The van der Waals surface area contributed by atoms with Crippen molar-refractivity contribution in [2.75, 3.05) is 13.2 Å². The molecule has 0 heterocycles. The van der Waals surface area contributed by atoms with Gasteiger partial charge in [0.1, 0.15) is 6.04 Å². The average molecular weight is 400 g/mol. The van der Waals surface area contributed by atoms with Gasteiger partial charge in [-0.2, -0.15) is 0 Å². The van der Waals surface area contributed by atoms with Gasteiger partial charge in [-0.25, -0.2) is 4.79 Å². The molecule has 0 spiro atoms. The molecule has 28 heavy (non-hydrogen) atoms. The zero-order valence-electron chi connectivity index (χ0n) is 18.7. The SMILES string of the molecule is CC[C@H](C(=O)OCCCCCCCCOC(=O)[C@@H](NC(C)=O)C(C)C)C(C)C. The van der Waals surface area contributed by atoms with E-state index in [0.717, 1.165) is 44.9 Å². The monoisotopic (exact) mass is 399 g/mol. The third-order valence-electron chi connectivity index (χ3n) is 4.85. The van der Waals surface area contributed by atoms with Gasteiger partial charge in [0, 0.05) is 6.92 Å². The normalized spacial score (nSPS) is 13.3. The molecule has 0 aliphatic carbocycles. The first-order valence-electron chi connectivity index (χ1n) is 10.8. The molecule has 6 nitrogen and oxygen atoms in total. The van der Waals surface area contributed by atoms with Crippen LogP contribution in [-0.2, 0) is 23.9 Å². The Hall–Kier alpha value is -1.59. The predicted molar refractivity (Wildman–Crippen MR) is 111 cm³/mol. The lowest BCUT2D eigenvalue weighted by molar-refractivity contribution is -0.150. The Morgan fingerprint density at radius 1 is 0.750 bits per heavy atom. The van der Waals surface area contributed by atoms with Crippen molar-refractivity contribution in [3.05, 3.63) is 0 Å². The van der Waals surface area contributed by atoms with E-state index in [4.69, 9.17) is 9.47 Å². The number of hydrogen-bond acceptors (Lipinski definition) is 5. The molecule has 0 rings (SSSR count). The topological polar surface area (TPSA) is 81.7 Å². The van der Waals surface area contributed by atoms with Crippen molar-refractivity contribution >= 4 is 17.8 Å². The van der Waals surface area contributed by atoms with Crippen LogP contribution in [0.15, 0.2) is 0 Å². The molecule has 0 aromatic carbocycles. The molecule has 0 bridgehead atoms. The first-order chi connectivity index (χ1) is 13.2. The first kappa shape index (κ1) is 26.4. The molecular formula is C22H41NO5. The van der Waals surface area contributed by atoms with E-state index in [1.54, 1.807) is 0 Å². The molecule has 0 fully saturated rings. The average Bonchev–Trinajstić information content (AvgIpc) is 2.60. The maximum Gasteiger partial charge on any atom is 0.328 e. The Labute approximate surface area is 171 Å². The Kier molecular flexibility index (Phi) is 14.5. The Morgan fingerprint density at radius 3 is 1.61 bits per heavy atom. The van der Waals surface area contributed by atoms with Crippen LogP contribution in [-0.4, -0.2) is 37.1 Å². The Morgan fingerprint density at radius 2 is 1.21 bits per heavy atom. The Bertz CT molecular complexity index is 462. The zero-order valence-corrected chi connectivity index (χ0v) is 18.7. The quantitative estimate of drug-likeness (QED) is 0.329. The van der Waals surface area contributed by atoms with E-state index in [2.05, 4.69) is 19.2 Å². The highest BCUT2D eigenvalue weighted by atomic mass is 16.5. The van der Waals surface area contributed by atoms with Gasteiger partial charge in [0.2, 0.25) is 5.91 Å². The van der Waals surface area contributed by atoms with Crippen LogP contribution in [0.2, 0.25) is 0 Å². The summed E-state index contributed by atoms with van der Waals surface area (Å²) in [6, 6.07) is -0.580. The number of nitrogens with one attached hydrogen (secondary N) is 1. The van der Waals surface area contributed by atoms with E-state index in [1.807, 2.05) is 20.8 Å². The fraction of sp³-hybridized carbons (Fsp3) is 0.864. The van der Waals surface area contributed by atoms with Gasteiger partial charge in [0.15, 0.2) is 0 Å². The molecule has 0 saturated heterocycles. The highest BCUT2D eigenvalue weighted by molar-refractivity contribution is 5.83. The van der Waals surface area contributed by atoms with Crippen LogP contribution in [0.25, 0.3) is 0 Å². The summed E-state index contributed by atoms with van der Waals surface area (Å²) in [5.41, 5.74) is 0. The largest absolute Gasteiger partial charge is 0.465 e. The molecule has 1 N–H and O–H groups in total. The van der Waals surface area contributed by atoms with Crippen LogP contribution in [0.5, 0.6) is 0 Å². The van der Waals surface area contributed by atoms with Gasteiger partial charge in [-0.15, -0.1) is 0 Å². The second-order valence-corrected chi connectivity index (χ2v) is 8.14. The summed E-state index contributed by atoms with van der Waals surface area (Å²) in [4.78, 5) is 35.1. The minimum atomic E-state index is -0.580. The summed E-state index contributed by atoms with van der Waals surface area (Å²) in [6.07, 6.45) is 6.69. The molecule has 6 heteroatoms. The molecule has 1 amide bonds. The van der Waals surface area contributed by atoms with Gasteiger partial charge in [0.25, 0.3) is 0 Å². The van der Waals surface area contributed by atoms with E-state index in [1.165, 1.54) is 6.92 Å². The number of carbonyl (C=O) groups is 3. The lowest BCUT2D eigenvalue weighted by Gasteiger charge is -2.19. The molecule has 0 aliphatic rings. The first-order valence-corrected chi connectivity index (χ1v) is 10.8. The Balaban J connectivity index is 3.71. The van der Waals surface area contributed by atoms with Gasteiger partial charge in [-0.3, -0.25) is 9.59 Å². The standard InChI is InChI=1S/C22H41NO5/c1-7-19(16(2)3)21(25)27-14-12-10-8-9-11-13-15-28-22(26)20(17(4)5)23-18(6)24/h16-17,19-20H,7-15H2,1-6H3,(H,23,24)/t19-,20-/m0/s1. The predicted octanol–water partition coefficient (Wildman–Crippen LogP) is 4.26. The van der Waals surface area contributed by atoms with Crippen LogP contribution in [0, 0.1) is 17.8 Å². The summed E-state index contributed by atoms with van der Waals surface area (Å²) in [6.45, 7) is 12.2. The van der Waals surface area contributed by atoms with Crippen LogP contribution in [0.4, 0.5) is 0 Å². The summed E-state index contributed by atoms with van der Waals surface area (Å²) in [7, 11) is 0. The molecule has 0 saturated carbocycles. The molecule has 0 aliphatic heterocycles. The van der Waals surface area contributed by atoms with Crippen LogP contribution in [0.3, 0.4) is 0 Å². The van der Waals surface area contributed by atoms with Gasteiger partial charge in [-0.1, -0.05) is 60.3 Å². The maximum atomic E-state index is 12.0. The summed E-state index contributed by atoms with van der Waals surface area (Å²) in [5.74, 6) is -0.337. The second-order valence-electron chi connectivity index (χ2n) is 8.14. The van der Waals surface area contributed by atoms with Gasteiger partial charge in [0.05, 0.1) is 19.1 Å². The summed E-state index contributed by atoms with van der Waals surface area (Å²) < 4.78 is 10.6. The molecule has 164 valence electrons. The summed E-state index contributed by atoms with van der Waals surface area (Å²) in [5, 5.41) is 2.64. The van der Waals surface area contributed by atoms with E-state index >= 15 is 0 Å². The van der Waals surface area contributed by atoms with Crippen LogP contribution >= 0.6 is 0 Å². The molecule has 2 atom stereocenters. The lowest BCUT2D eigenvalue weighted by Crippen LogP contribution is -2.44. The zero-order chi connectivity index (χ0) is 21.5. The smallest absolute Gasteiger partial charge is 0.328 e. The number of hydrogen-bond donors (Lipinski definition) is 1. The number of esters is 2. The highest BCUT2D eigenvalue weighted by Crippen LogP contribution is 2.17.